The maximum Gasteiger partial charge on any atom is 0.224 e. The molecule has 2 rings (SSSR count). The maximum absolute atomic E-state index is 11.4. The molecule has 0 aromatic heterocycles. The first kappa shape index (κ1) is 16.1. The van der Waals surface area contributed by atoms with Gasteiger partial charge in [-0.2, -0.15) is 5.10 Å². The highest BCUT2D eigenvalue weighted by Crippen LogP contribution is 2.27. The summed E-state index contributed by atoms with van der Waals surface area (Å²) in [5, 5.41) is 10.1. The number of hydrogen-bond donors (Lipinski definition) is 3. The summed E-state index contributed by atoms with van der Waals surface area (Å²) in [4.78, 5) is 11.4. The molecular weight excluding hydrogens is 284 g/mol. The molecule has 22 heavy (non-hydrogen) atoms. The number of methoxy groups -OCH3 is 1. The van der Waals surface area contributed by atoms with Crippen molar-refractivity contribution in [1.82, 2.24) is 16.1 Å². The van der Waals surface area contributed by atoms with Gasteiger partial charge < -0.3 is 14.8 Å². The van der Waals surface area contributed by atoms with Gasteiger partial charge in [0.05, 0.1) is 19.9 Å². The Morgan fingerprint density at radius 1 is 1.45 bits per heavy atom. The van der Waals surface area contributed by atoms with Crippen molar-refractivity contribution in [2.24, 2.45) is 5.10 Å². The van der Waals surface area contributed by atoms with E-state index >= 15 is 0 Å². The van der Waals surface area contributed by atoms with Gasteiger partial charge in [0.1, 0.15) is 0 Å². The Bertz CT molecular complexity index is 548. The van der Waals surface area contributed by atoms with Gasteiger partial charge in [0, 0.05) is 12.5 Å². The fourth-order valence-corrected chi connectivity index (χ4v) is 2.18. The Morgan fingerprint density at radius 3 is 2.95 bits per heavy atom. The van der Waals surface area contributed by atoms with E-state index < -0.39 is 0 Å². The molecule has 0 aliphatic carbocycles. The Labute approximate surface area is 130 Å². The fourth-order valence-electron chi connectivity index (χ4n) is 2.18. The molecule has 7 heteroatoms. The van der Waals surface area contributed by atoms with E-state index in [1.165, 1.54) is 0 Å². The lowest BCUT2D eigenvalue weighted by Gasteiger charge is -2.28. The summed E-state index contributed by atoms with van der Waals surface area (Å²) in [6, 6.07) is 5.68. The molecule has 1 aromatic rings. The molecule has 2 unspecified atom stereocenters. The second-order valence-electron chi connectivity index (χ2n) is 5.00. The largest absolute Gasteiger partial charge is 0.493 e. The first-order valence-electron chi connectivity index (χ1n) is 7.27. The average Bonchev–Trinajstić information content (AvgIpc) is 2.48. The molecule has 3 N–H and O–H groups in total. The predicted molar refractivity (Wildman–Crippen MR) is 84.0 cm³/mol. The Morgan fingerprint density at radius 2 is 2.27 bits per heavy atom. The van der Waals surface area contributed by atoms with Crippen LogP contribution >= 0.6 is 0 Å². The number of nitrogens with zero attached hydrogens (tertiary/aromatic N) is 1. The number of amides is 1. The van der Waals surface area contributed by atoms with Crippen LogP contribution in [0, 0.1) is 0 Å². The van der Waals surface area contributed by atoms with Crippen molar-refractivity contribution in [3.8, 4) is 11.5 Å². The molecule has 0 saturated carbocycles. The third kappa shape index (κ3) is 4.36. The van der Waals surface area contributed by atoms with Crippen LogP contribution in [-0.4, -0.2) is 38.2 Å². The van der Waals surface area contributed by atoms with Gasteiger partial charge in [0.15, 0.2) is 17.8 Å². The molecule has 1 fully saturated rings. The summed E-state index contributed by atoms with van der Waals surface area (Å²) in [6.07, 6.45) is 1.76. The van der Waals surface area contributed by atoms with E-state index in [9.17, 15) is 4.79 Å². The second-order valence-corrected chi connectivity index (χ2v) is 5.00. The van der Waals surface area contributed by atoms with Gasteiger partial charge in [0.2, 0.25) is 5.91 Å². The third-order valence-corrected chi connectivity index (χ3v) is 3.15. The quantitative estimate of drug-likeness (QED) is 0.535. The summed E-state index contributed by atoms with van der Waals surface area (Å²) in [6.45, 7) is 4.45. The molecule has 1 heterocycles. The van der Waals surface area contributed by atoms with E-state index in [4.69, 9.17) is 9.47 Å². The molecule has 1 aliphatic heterocycles. The van der Waals surface area contributed by atoms with Crippen LogP contribution in [0.3, 0.4) is 0 Å². The summed E-state index contributed by atoms with van der Waals surface area (Å²) in [5.41, 5.74) is 3.73. The predicted octanol–water partition coefficient (Wildman–Crippen LogP) is 0.799. The number of hydrogen-bond acceptors (Lipinski definition) is 6. The van der Waals surface area contributed by atoms with E-state index in [0.29, 0.717) is 24.5 Å². The highest BCUT2D eigenvalue weighted by Gasteiger charge is 2.21. The monoisotopic (exact) mass is 306 g/mol. The summed E-state index contributed by atoms with van der Waals surface area (Å²) in [7, 11) is 1.60. The minimum Gasteiger partial charge on any atom is -0.493 e. The topological polar surface area (TPSA) is 84.0 Å². The van der Waals surface area contributed by atoms with Crippen molar-refractivity contribution in [2.75, 3.05) is 13.7 Å². The molecule has 0 bridgehead atoms. The van der Waals surface area contributed by atoms with E-state index in [-0.39, 0.29) is 18.2 Å². The normalized spacial score (nSPS) is 21.5. The van der Waals surface area contributed by atoms with E-state index in [1.54, 1.807) is 13.3 Å². The van der Waals surface area contributed by atoms with Crippen LogP contribution in [0.5, 0.6) is 11.5 Å². The summed E-state index contributed by atoms with van der Waals surface area (Å²) in [5.74, 6) is 1.36. The molecule has 7 nitrogen and oxygen atoms in total. The van der Waals surface area contributed by atoms with Crippen LogP contribution in [0.1, 0.15) is 25.8 Å². The zero-order valence-electron chi connectivity index (χ0n) is 13.1. The maximum atomic E-state index is 11.4. The van der Waals surface area contributed by atoms with Crippen molar-refractivity contribution < 1.29 is 14.3 Å². The minimum absolute atomic E-state index is 0.00156. The van der Waals surface area contributed by atoms with Gasteiger partial charge in [-0.1, -0.05) is 0 Å². The molecule has 120 valence electrons. The molecule has 1 aromatic carbocycles. The fraction of sp³-hybridized carbons (Fsp3) is 0.467. The first-order valence-corrected chi connectivity index (χ1v) is 7.27. The Hall–Kier alpha value is -2.28. The van der Waals surface area contributed by atoms with Crippen LogP contribution in [0.4, 0.5) is 0 Å². The van der Waals surface area contributed by atoms with Crippen molar-refractivity contribution in [3.63, 3.8) is 0 Å². The number of carbonyl (C=O) groups is 1. The van der Waals surface area contributed by atoms with Crippen molar-refractivity contribution in [3.05, 3.63) is 23.8 Å². The van der Waals surface area contributed by atoms with Gasteiger partial charge in [-0.3, -0.25) is 15.5 Å². The molecule has 1 saturated heterocycles. The highest BCUT2D eigenvalue weighted by atomic mass is 16.5. The van der Waals surface area contributed by atoms with E-state index in [0.717, 1.165) is 5.56 Å². The van der Waals surface area contributed by atoms with Crippen LogP contribution in [-0.2, 0) is 4.79 Å². The van der Waals surface area contributed by atoms with Gasteiger partial charge in [-0.05, 0) is 37.6 Å². The van der Waals surface area contributed by atoms with E-state index in [2.05, 4.69) is 21.2 Å². The SMILES string of the molecule is CCOc1ccc(/C=N/NC2NC(=O)CC(C)N2)cc1OC. The van der Waals surface area contributed by atoms with Gasteiger partial charge in [-0.15, -0.1) is 0 Å². The molecule has 0 spiro atoms. The zero-order valence-corrected chi connectivity index (χ0v) is 13.1. The number of hydrazone groups is 1. The van der Waals surface area contributed by atoms with Crippen LogP contribution < -0.4 is 25.5 Å². The third-order valence-electron chi connectivity index (χ3n) is 3.15. The number of ether oxygens (including phenoxy) is 2. The Kier molecular flexibility index (Phi) is 5.60. The van der Waals surface area contributed by atoms with Crippen molar-refractivity contribution in [1.29, 1.82) is 0 Å². The number of rotatable bonds is 6. The van der Waals surface area contributed by atoms with Crippen molar-refractivity contribution >= 4 is 12.1 Å². The number of carbonyl (C=O) groups excluding carboxylic acids is 1. The van der Waals surface area contributed by atoms with Gasteiger partial charge in [0.25, 0.3) is 0 Å². The average molecular weight is 306 g/mol. The minimum atomic E-state index is -0.364. The van der Waals surface area contributed by atoms with Crippen LogP contribution in [0.15, 0.2) is 23.3 Å². The van der Waals surface area contributed by atoms with E-state index in [1.807, 2.05) is 32.0 Å². The van der Waals surface area contributed by atoms with Crippen LogP contribution in [0.25, 0.3) is 0 Å². The number of benzene rings is 1. The lowest BCUT2D eigenvalue weighted by Crippen LogP contribution is -2.60. The first-order chi connectivity index (χ1) is 10.6. The lowest BCUT2D eigenvalue weighted by molar-refractivity contribution is -0.124. The van der Waals surface area contributed by atoms with Gasteiger partial charge >= 0.3 is 0 Å². The Balaban J connectivity index is 1.96. The van der Waals surface area contributed by atoms with Crippen molar-refractivity contribution in [2.45, 2.75) is 32.6 Å². The number of nitrogens with one attached hydrogen (secondary N) is 3. The molecule has 1 aliphatic rings. The summed E-state index contributed by atoms with van der Waals surface area (Å²) < 4.78 is 10.8. The van der Waals surface area contributed by atoms with Gasteiger partial charge in [-0.25, -0.2) is 0 Å². The second kappa shape index (κ2) is 7.65. The highest BCUT2D eigenvalue weighted by molar-refractivity contribution is 5.81. The zero-order chi connectivity index (χ0) is 15.9. The lowest BCUT2D eigenvalue weighted by atomic mass is 10.2. The standard InChI is InChI=1S/C15H22N4O3/c1-4-22-12-6-5-11(8-13(12)21-3)9-16-19-15-17-10(2)7-14(20)18-15/h5-6,8-10,15,17,19H,4,7H2,1-3H3,(H,18,20)/b16-9+. The van der Waals surface area contributed by atoms with Crippen LogP contribution in [0.2, 0.25) is 0 Å². The molecule has 0 radical (unpaired) electrons. The smallest absolute Gasteiger partial charge is 0.224 e. The molecular formula is C15H22N4O3. The molecule has 2 atom stereocenters. The summed E-state index contributed by atoms with van der Waals surface area (Å²) >= 11 is 0. The molecule has 1 amide bonds.